The Bertz CT molecular complexity index is 1400. The molecule has 334 valence electrons. The third-order valence-electron chi connectivity index (χ3n) is 12.4. The van der Waals surface area contributed by atoms with Crippen molar-refractivity contribution in [3.05, 3.63) is 12.7 Å². The molecule has 3 aliphatic heterocycles. The number of rotatable bonds is 10. The van der Waals surface area contributed by atoms with Gasteiger partial charge in [-0.05, 0) is 81.0 Å². The fourth-order valence-electron chi connectivity index (χ4n) is 8.89. The molecule has 3 heterocycles. The fourth-order valence-corrected chi connectivity index (χ4v) is 8.89. The van der Waals surface area contributed by atoms with E-state index >= 15 is 0 Å². The van der Waals surface area contributed by atoms with Gasteiger partial charge in [0, 0.05) is 38.2 Å². The number of aliphatic hydroxyl groups excluding tert-OH is 1. The highest BCUT2D eigenvalue weighted by atomic mass is 16.7. The summed E-state index contributed by atoms with van der Waals surface area (Å²) in [6.45, 7) is 22.4. The first-order valence-electron chi connectivity index (χ1n) is 20.7. The lowest BCUT2D eigenvalue weighted by atomic mass is 9.77. The molecule has 0 spiro atoms. The molecule has 3 rings (SSSR count). The van der Waals surface area contributed by atoms with Crippen LogP contribution in [-0.4, -0.2) is 145 Å². The van der Waals surface area contributed by atoms with Crippen molar-refractivity contribution in [3.8, 4) is 0 Å². The van der Waals surface area contributed by atoms with E-state index in [-0.39, 0.29) is 36.8 Å². The monoisotopic (exact) mass is 828 g/mol. The molecule has 0 saturated carbocycles. The van der Waals surface area contributed by atoms with Gasteiger partial charge in [-0.3, -0.25) is 19.8 Å². The molecule has 0 aromatic carbocycles. The van der Waals surface area contributed by atoms with Crippen molar-refractivity contribution in [1.29, 1.82) is 5.41 Å². The predicted molar refractivity (Wildman–Crippen MR) is 215 cm³/mol. The lowest BCUT2D eigenvalue weighted by Gasteiger charge is -2.49. The van der Waals surface area contributed by atoms with E-state index in [0.29, 0.717) is 12.8 Å². The first kappa shape index (κ1) is 49.7. The largest absolute Gasteiger partial charge is 0.472 e. The van der Waals surface area contributed by atoms with Crippen molar-refractivity contribution in [2.45, 2.75) is 187 Å². The Balaban J connectivity index is 2.24. The summed E-state index contributed by atoms with van der Waals surface area (Å²) < 4.78 is 50.8. The number of carbonyl (C=O) groups excluding carboxylic acids is 3. The molecule has 3 fully saturated rings. The van der Waals surface area contributed by atoms with Crippen LogP contribution in [0.4, 0.5) is 0 Å². The SMILES string of the molecule is C=CC(=N)O[C@H]1[C@H](C)O[C@@H](O[C@@H]2C(C)C(=O)O[C@H](CC)[C@@](C)(O)C(O)[C@@H](C)NC(=O)[C@H](C)C[C@@](C)(OC)[C@H](O[C@@H]3O[C@H](C)C[C@H](N(C)C)[C@H]3OC(C)=O)[C@H]2C)C[C@@H]1C. The van der Waals surface area contributed by atoms with Crippen LogP contribution in [0.3, 0.4) is 0 Å². The van der Waals surface area contributed by atoms with Crippen LogP contribution in [0.25, 0.3) is 0 Å². The number of esters is 2. The number of cyclic esters (lactones) is 1. The van der Waals surface area contributed by atoms with Crippen LogP contribution in [-0.2, 0) is 52.3 Å². The third kappa shape index (κ3) is 11.8. The van der Waals surface area contributed by atoms with Gasteiger partial charge in [0.1, 0.15) is 23.9 Å². The first-order chi connectivity index (χ1) is 26.9. The topological polar surface area (TPSA) is 205 Å². The molecule has 0 aromatic rings. The number of hydrogen-bond acceptors (Lipinski definition) is 15. The van der Waals surface area contributed by atoms with Crippen LogP contribution in [0, 0.1) is 29.1 Å². The molecule has 0 radical (unpaired) electrons. The molecule has 3 aliphatic rings. The molecule has 18 atom stereocenters. The summed E-state index contributed by atoms with van der Waals surface area (Å²) >= 11 is 0. The summed E-state index contributed by atoms with van der Waals surface area (Å²) in [7, 11) is 5.29. The molecular weight excluding hydrogens is 754 g/mol. The van der Waals surface area contributed by atoms with Crippen molar-refractivity contribution in [3.63, 3.8) is 0 Å². The number of amides is 1. The third-order valence-corrected chi connectivity index (χ3v) is 12.4. The highest BCUT2D eigenvalue weighted by molar-refractivity contribution is 5.84. The Morgan fingerprint density at radius 1 is 1.02 bits per heavy atom. The van der Waals surface area contributed by atoms with E-state index in [2.05, 4.69) is 11.9 Å². The van der Waals surface area contributed by atoms with E-state index in [1.54, 1.807) is 34.6 Å². The highest BCUT2D eigenvalue weighted by Gasteiger charge is 2.53. The summed E-state index contributed by atoms with van der Waals surface area (Å²) in [5.74, 6) is -4.34. The molecule has 0 bridgehead atoms. The van der Waals surface area contributed by atoms with Gasteiger partial charge in [0.2, 0.25) is 11.8 Å². The molecule has 16 heteroatoms. The van der Waals surface area contributed by atoms with Crippen LogP contribution in [0.1, 0.15) is 102 Å². The number of hydrogen-bond donors (Lipinski definition) is 4. The predicted octanol–water partition coefficient (Wildman–Crippen LogP) is 3.73. The van der Waals surface area contributed by atoms with Crippen molar-refractivity contribution < 1.29 is 62.5 Å². The zero-order valence-corrected chi connectivity index (χ0v) is 37.2. The van der Waals surface area contributed by atoms with Gasteiger partial charge in [0.15, 0.2) is 18.7 Å². The van der Waals surface area contributed by atoms with Gasteiger partial charge in [0.25, 0.3) is 0 Å². The van der Waals surface area contributed by atoms with Gasteiger partial charge in [-0.15, -0.1) is 0 Å². The normalized spacial score (nSPS) is 43.6. The Morgan fingerprint density at radius 2 is 1.66 bits per heavy atom. The molecule has 58 heavy (non-hydrogen) atoms. The summed E-state index contributed by atoms with van der Waals surface area (Å²) in [6, 6.07) is -1.21. The highest BCUT2D eigenvalue weighted by Crippen LogP contribution is 2.41. The van der Waals surface area contributed by atoms with Gasteiger partial charge < -0.3 is 58.3 Å². The zero-order chi connectivity index (χ0) is 44.0. The van der Waals surface area contributed by atoms with Gasteiger partial charge in [-0.1, -0.05) is 34.3 Å². The number of nitrogens with one attached hydrogen (secondary N) is 2. The minimum absolute atomic E-state index is 0.0797. The quantitative estimate of drug-likeness (QED) is 0.141. The standard InChI is InChI=1S/C42H73N3O13/c1-16-30-42(12,50)36(47)26(8)44-38(48)22(4)20-41(11,51-15)37(58-40-35(54-28(10)46)29(45(13)14)19-23(5)52-40)24(6)34(25(7)39(49)55-30)57-32-18-21(3)33(27(9)53-32)56-31(43)17-2/h17,21-27,29-30,32-37,40,43,47,50H,2,16,18-20H2,1,3-15H3,(H,44,48)/t21-,22+,23+,24-,25?,26+,27-,29-,30+,32-,33+,34-,35+,36?,37+,40-,41+,42+/m0/s1. The van der Waals surface area contributed by atoms with Gasteiger partial charge in [-0.2, -0.15) is 0 Å². The molecule has 4 N–H and O–H groups in total. The maximum atomic E-state index is 14.4. The van der Waals surface area contributed by atoms with Crippen LogP contribution < -0.4 is 5.32 Å². The van der Waals surface area contributed by atoms with E-state index in [1.807, 2.05) is 46.7 Å². The maximum absolute atomic E-state index is 14.4. The number of nitrogens with zero attached hydrogens (tertiary/aromatic N) is 1. The van der Waals surface area contributed by atoms with Crippen molar-refractivity contribution in [1.82, 2.24) is 10.2 Å². The second-order valence-electron chi connectivity index (χ2n) is 17.5. The van der Waals surface area contributed by atoms with E-state index in [4.69, 9.17) is 43.3 Å². The molecule has 0 aromatic heterocycles. The molecular formula is C42H73N3O13. The Hall–Kier alpha value is -2.70. The second kappa shape index (κ2) is 20.7. The molecule has 1 amide bonds. The Morgan fingerprint density at radius 3 is 2.19 bits per heavy atom. The summed E-state index contributed by atoms with van der Waals surface area (Å²) in [4.78, 5) is 42.7. The average molecular weight is 828 g/mol. The van der Waals surface area contributed by atoms with E-state index in [1.165, 1.54) is 27.0 Å². The van der Waals surface area contributed by atoms with Gasteiger partial charge in [0.05, 0.1) is 48.0 Å². The Kier molecular flexibility index (Phi) is 17.7. The van der Waals surface area contributed by atoms with Crippen LogP contribution in [0.2, 0.25) is 0 Å². The lowest BCUT2D eigenvalue weighted by Crippen LogP contribution is -2.61. The number of methoxy groups -OCH3 is 1. The minimum atomic E-state index is -1.95. The smallest absolute Gasteiger partial charge is 0.311 e. The minimum Gasteiger partial charge on any atom is -0.472 e. The zero-order valence-electron chi connectivity index (χ0n) is 37.2. The van der Waals surface area contributed by atoms with Gasteiger partial charge >= 0.3 is 11.9 Å². The first-order valence-corrected chi connectivity index (χ1v) is 20.7. The number of carbonyl (C=O) groups is 3. The van der Waals surface area contributed by atoms with Crippen molar-refractivity contribution in [2.24, 2.45) is 23.7 Å². The van der Waals surface area contributed by atoms with Crippen LogP contribution in [0.15, 0.2) is 12.7 Å². The van der Waals surface area contributed by atoms with Crippen LogP contribution in [0.5, 0.6) is 0 Å². The molecule has 16 nitrogen and oxygen atoms in total. The van der Waals surface area contributed by atoms with E-state index < -0.39 is 108 Å². The number of likely N-dealkylation sites (N-methyl/N-ethyl adjacent to an activating group) is 1. The van der Waals surface area contributed by atoms with Crippen LogP contribution >= 0.6 is 0 Å². The lowest BCUT2D eigenvalue weighted by molar-refractivity contribution is -0.312. The van der Waals surface area contributed by atoms with Gasteiger partial charge in [-0.25, -0.2) is 0 Å². The summed E-state index contributed by atoms with van der Waals surface area (Å²) in [6.07, 6.45) is -6.33. The summed E-state index contributed by atoms with van der Waals surface area (Å²) in [5.41, 5.74) is -3.23. The molecule has 0 aliphatic carbocycles. The van der Waals surface area contributed by atoms with Crippen molar-refractivity contribution in [2.75, 3.05) is 21.2 Å². The van der Waals surface area contributed by atoms with Crippen molar-refractivity contribution >= 4 is 23.7 Å². The van der Waals surface area contributed by atoms with E-state index in [0.717, 1.165) is 0 Å². The fraction of sp³-hybridized carbons (Fsp3) is 0.857. The maximum Gasteiger partial charge on any atom is 0.311 e. The Labute approximate surface area is 345 Å². The summed E-state index contributed by atoms with van der Waals surface area (Å²) in [5, 5.41) is 34.0. The average Bonchev–Trinajstić information content (AvgIpc) is 3.15. The van der Waals surface area contributed by atoms with E-state index in [9.17, 15) is 24.6 Å². The number of aliphatic hydroxyl groups is 2. The molecule has 3 saturated heterocycles. The number of ether oxygens (including phenoxy) is 8. The second-order valence-corrected chi connectivity index (χ2v) is 17.5. The molecule has 2 unspecified atom stereocenters.